The van der Waals surface area contributed by atoms with E-state index in [1.54, 1.807) is 0 Å². The van der Waals surface area contributed by atoms with Gasteiger partial charge in [0.25, 0.3) is 5.91 Å². The molecule has 0 saturated heterocycles. The monoisotopic (exact) mass is 298 g/mol. The van der Waals surface area contributed by atoms with Gasteiger partial charge in [0.15, 0.2) is 0 Å². The minimum absolute atomic E-state index is 0.0731. The number of carbonyl (C=O) groups is 1. The summed E-state index contributed by atoms with van der Waals surface area (Å²) in [4.78, 5) is 20.6. The third kappa shape index (κ3) is 4.72. The van der Waals surface area contributed by atoms with Crippen molar-refractivity contribution >= 4 is 17.5 Å². The maximum absolute atomic E-state index is 12.2. The zero-order chi connectivity index (χ0) is 15.3. The fraction of sp³-hybridized carbons (Fsp3) is 0.643. The van der Waals surface area contributed by atoms with Crippen LogP contribution < -0.4 is 11.1 Å². The van der Waals surface area contributed by atoms with Gasteiger partial charge in [0.1, 0.15) is 11.5 Å². The van der Waals surface area contributed by atoms with Crippen LogP contribution in [0.25, 0.3) is 0 Å². The quantitative estimate of drug-likeness (QED) is 0.845. The highest BCUT2D eigenvalue weighted by Crippen LogP contribution is 2.16. The fourth-order valence-electron chi connectivity index (χ4n) is 1.86. The molecule has 0 aliphatic carbocycles. The molecule has 1 aromatic rings. The van der Waals surface area contributed by atoms with Crippen molar-refractivity contribution in [1.29, 1.82) is 0 Å². The second-order valence-electron chi connectivity index (χ2n) is 5.62. The van der Waals surface area contributed by atoms with Crippen LogP contribution >= 0.6 is 11.6 Å². The van der Waals surface area contributed by atoms with Crippen LogP contribution in [-0.4, -0.2) is 28.5 Å². The molecule has 6 heteroatoms. The first-order valence-electron chi connectivity index (χ1n) is 6.88. The van der Waals surface area contributed by atoms with Gasteiger partial charge in [0.2, 0.25) is 0 Å². The van der Waals surface area contributed by atoms with E-state index in [0.29, 0.717) is 18.3 Å². The molecular formula is C14H23ClN4O. The van der Waals surface area contributed by atoms with Crippen LogP contribution in [0.1, 0.15) is 56.3 Å². The molecule has 20 heavy (non-hydrogen) atoms. The van der Waals surface area contributed by atoms with Gasteiger partial charge in [0.05, 0.1) is 11.2 Å². The molecule has 0 aliphatic heterocycles. The molecule has 0 saturated carbocycles. The number of hydrogen-bond donors (Lipinski definition) is 2. The van der Waals surface area contributed by atoms with E-state index in [0.717, 1.165) is 6.42 Å². The van der Waals surface area contributed by atoms with Crippen molar-refractivity contribution in [2.24, 2.45) is 11.7 Å². The molecule has 1 amide bonds. The predicted molar refractivity (Wildman–Crippen MR) is 80.9 cm³/mol. The number of nitrogens with one attached hydrogen (secondary N) is 1. The molecule has 3 N–H and O–H groups in total. The molecule has 1 aromatic heterocycles. The van der Waals surface area contributed by atoms with Crippen LogP contribution in [0.15, 0.2) is 6.20 Å². The van der Waals surface area contributed by atoms with Crippen LogP contribution in [0.2, 0.25) is 5.02 Å². The lowest BCUT2D eigenvalue weighted by Gasteiger charge is -2.19. The van der Waals surface area contributed by atoms with Gasteiger partial charge < -0.3 is 11.1 Å². The number of nitrogens with two attached hydrogens (primary N) is 1. The Labute approximate surface area is 125 Å². The summed E-state index contributed by atoms with van der Waals surface area (Å²) in [5.74, 6) is 0.902. The van der Waals surface area contributed by atoms with E-state index < -0.39 is 0 Å². The number of aromatic nitrogens is 2. The zero-order valence-electron chi connectivity index (χ0n) is 12.5. The maximum Gasteiger partial charge on any atom is 0.271 e. The molecule has 1 atom stereocenters. The van der Waals surface area contributed by atoms with Crippen LogP contribution in [0.5, 0.6) is 0 Å². The van der Waals surface area contributed by atoms with E-state index >= 15 is 0 Å². The fourth-order valence-corrected chi connectivity index (χ4v) is 2.03. The largest absolute Gasteiger partial charge is 0.347 e. The van der Waals surface area contributed by atoms with Gasteiger partial charge in [-0.1, -0.05) is 39.3 Å². The minimum atomic E-state index is -0.296. The summed E-state index contributed by atoms with van der Waals surface area (Å²) in [6, 6.07) is -0.0731. The van der Waals surface area contributed by atoms with Gasteiger partial charge in [-0.05, 0) is 12.3 Å². The van der Waals surface area contributed by atoms with Crippen molar-refractivity contribution in [2.75, 3.05) is 6.54 Å². The third-order valence-corrected chi connectivity index (χ3v) is 3.15. The molecular weight excluding hydrogens is 276 g/mol. The van der Waals surface area contributed by atoms with E-state index in [1.807, 2.05) is 13.8 Å². The summed E-state index contributed by atoms with van der Waals surface area (Å²) in [6.45, 7) is 8.50. The van der Waals surface area contributed by atoms with E-state index in [-0.39, 0.29) is 28.6 Å². The normalized spacial score (nSPS) is 12.8. The molecule has 5 nitrogen and oxygen atoms in total. The highest BCUT2D eigenvalue weighted by Gasteiger charge is 2.19. The SMILES string of the molecule is CC(C)CC(CN)NC(=O)c1nc(C(C)C)ncc1Cl. The topological polar surface area (TPSA) is 80.9 Å². The highest BCUT2D eigenvalue weighted by atomic mass is 35.5. The molecule has 1 unspecified atom stereocenters. The summed E-state index contributed by atoms with van der Waals surface area (Å²) < 4.78 is 0. The summed E-state index contributed by atoms with van der Waals surface area (Å²) in [6.07, 6.45) is 2.29. The molecule has 0 aromatic carbocycles. The lowest BCUT2D eigenvalue weighted by atomic mass is 10.0. The standard InChI is InChI=1S/C14H23ClN4O/c1-8(2)5-10(6-16)18-14(20)12-11(15)7-17-13(19-12)9(3)4/h7-10H,5-6,16H2,1-4H3,(H,18,20). The van der Waals surface area contributed by atoms with E-state index in [9.17, 15) is 4.79 Å². The Balaban J connectivity index is 2.88. The average Bonchev–Trinajstić information content (AvgIpc) is 2.37. The molecule has 0 radical (unpaired) electrons. The highest BCUT2D eigenvalue weighted by molar-refractivity contribution is 6.33. The first-order valence-corrected chi connectivity index (χ1v) is 7.26. The second kappa shape index (κ2) is 7.55. The van der Waals surface area contributed by atoms with Gasteiger partial charge in [-0.3, -0.25) is 4.79 Å². The molecule has 1 heterocycles. The molecule has 112 valence electrons. The maximum atomic E-state index is 12.2. The van der Waals surface area contributed by atoms with Gasteiger partial charge in [0, 0.05) is 18.5 Å². The second-order valence-corrected chi connectivity index (χ2v) is 6.02. The Kier molecular flexibility index (Phi) is 6.36. The van der Waals surface area contributed by atoms with E-state index in [2.05, 4.69) is 29.1 Å². The molecule has 1 rings (SSSR count). The zero-order valence-corrected chi connectivity index (χ0v) is 13.2. The van der Waals surface area contributed by atoms with Crippen molar-refractivity contribution in [1.82, 2.24) is 15.3 Å². The van der Waals surface area contributed by atoms with Crippen LogP contribution in [0, 0.1) is 5.92 Å². The number of hydrogen-bond acceptors (Lipinski definition) is 4. The summed E-state index contributed by atoms with van der Waals surface area (Å²) in [5, 5.41) is 3.14. The third-order valence-electron chi connectivity index (χ3n) is 2.87. The molecule has 0 bridgehead atoms. The number of amides is 1. The van der Waals surface area contributed by atoms with Crippen LogP contribution in [-0.2, 0) is 0 Å². The van der Waals surface area contributed by atoms with Crippen molar-refractivity contribution < 1.29 is 4.79 Å². The first-order chi connectivity index (χ1) is 9.35. The van der Waals surface area contributed by atoms with Gasteiger partial charge in [-0.15, -0.1) is 0 Å². The Morgan fingerprint density at radius 3 is 2.55 bits per heavy atom. The Hall–Kier alpha value is -1.20. The smallest absolute Gasteiger partial charge is 0.271 e. The first kappa shape index (κ1) is 16.9. The van der Waals surface area contributed by atoms with E-state index in [4.69, 9.17) is 17.3 Å². The Bertz CT molecular complexity index is 462. The van der Waals surface area contributed by atoms with Gasteiger partial charge in [-0.2, -0.15) is 0 Å². The van der Waals surface area contributed by atoms with Crippen molar-refractivity contribution in [2.45, 2.75) is 46.1 Å². The molecule has 0 aliphatic rings. The number of rotatable bonds is 6. The van der Waals surface area contributed by atoms with Crippen LogP contribution in [0.4, 0.5) is 0 Å². The Morgan fingerprint density at radius 2 is 2.05 bits per heavy atom. The number of nitrogens with zero attached hydrogens (tertiary/aromatic N) is 2. The van der Waals surface area contributed by atoms with E-state index in [1.165, 1.54) is 6.20 Å². The van der Waals surface area contributed by atoms with Crippen molar-refractivity contribution in [3.63, 3.8) is 0 Å². The summed E-state index contributed by atoms with van der Waals surface area (Å²) in [7, 11) is 0. The predicted octanol–water partition coefficient (Wildman–Crippen LogP) is 2.36. The van der Waals surface area contributed by atoms with Crippen molar-refractivity contribution in [3.05, 3.63) is 22.7 Å². The number of halogens is 1. The Morgan fingerprint density at radius 1 is 1.40 bits per heavy atom. The van der Waals surface area contributed by atoms with Gasteiger partial charge in [-0.25, -0.2) is 9.97 Å². The minimum Gasteiger partial charge on any atom is -0.347 e. The molecule has 0 spiro atoms. The number of carbonyl (C=O) groups excluding carboxylic acids is 1. The van der Waals surface area contributed by atoms with Gasteiger partial charge >= 0.3 is 0 Å². The summed E-state index contributed by atoms with van der Waals surface area (Å²) >= 11 is 6.01. The van der Waals surface area contributed by atoms with Crippen molar-refractivity contribution in [3.8, 4) is 0 Å². The lowest BCUT2D eigenvalue weighted by Crippen LogP contribution is -2.41. The molecule has 0 fully saturated rings. The van der Waals surface area contributed by atoms with Crippen LogP contribution in [0.3, 0.4) is 0 Å². The lowest BCUT2D eigenvalue weighted by molar-refractivity contribution is 0.0928. The summed E-state index contributed by atoms with van der Waals surface area (Å²) in [5.41, 5.74) is 5.90. The average molecular weight is 299 g/mol.